The van der Waals surface area contributed by atoms with Gasteiger partial charge in [0.2, 0.25) is 0 Å². The molecule has 0 heterocycles. The van der Waals surface area contributed by atoms with Crippen LogP contribution in [0.4, 0.5) is 0 Å². The van der Waals surface area contributed by atoms with Crippen molar-refractivity contribution in [3.05, 3.63) is 54.1 Å². The van der Waals surface area contributed by atoms with E-state index in [1.54, 1.807) is 12.1 Å². The van der Waals surface area contributed by atoms with Crippen LogP contribution >= 0.6 is 0 Å². The summed E-state index contributed by atoms with van der Waals surface area (Å²) < 4.78 is 0. The van der Waals surface area contributed by atoms with E-state index in [0.29, 0.717) is 5.39 Å². The molecule has 2 N–H and O–H groups in total. The third-order valence-corrected chi connectivity index (χ3v) is 3.09. The van der Waals surface area contributed by atoms with Gasteiger partial charge in [-0.25, -0.2) is 4.79 Å². The Hall–Kier alpha value is -2.55. The van der Waals surface area contributed by atoms with Crippen molar-refractivity contribution in [1.29, 1.82) is 0 Å². The molecule has 3 rings (SSSR count). The molecule has 3 heteroatoms. The maximum absolute atomic E-state index is 11.0. The molecule has 0 fully saturated rings. The number of aromatic hydroxyl groups is 1. The lowest BCUT2D eigenvalue weighted by Crippen LogP contribution is -1.95. The molecule has 0 saturated carbocycles. The fourth-order valence-electron chi connectivity index (χ4n) is 2.22. The first kappa shape index (κ1) is 10.6. The third kappa shape index (κ3) is 1.49. The van der Waals surface area contributed by atoms with Gasteiger partial charge < -0.3 is 10.2 Å². The Labute approximate surface area is 103 Å². The number of fused-ring (bicyclic) bond motifs is 3. The molecule has 3 aromatic carbocycles. The molecular formula is C15H10O3. The van der Waals surface area contributed by atoms with Crippen LogP contribution in [0.15, 0.2) is 48.5 Å². The van der Waals surface area contributed by atoms with Crippen molar-refractivity contribution in [2.24, 2.45) is 0 Å². The summed E-state index contributed by atoms with van der Waals surface area (Å²) in [7, 11) is 0. The van der Waals surface area contributed by atoms with E-state index in [0.717, 1.165) is 16.2 Å². The molecule has 0 atom stereocenters. The van der Waals surface area contributed by atoms with Crippen molar-refractivity contribution in [1.82, 2.24) is 0 Å². The average Bonchev–Trinajstić information content (AvgIpc) is 2.38. The Morgan fingerprint density at radius 3 is 2.44 bits per heavy atom. The van der Waals surface area contributed by atoms with E-state index in [1.165, 1.54) is 6.07 Å². The Morgan fingerprint density at radius 1 is 0.889 bits per heavy atom. The van der Waals surface area contributed by atoms with Crippen molar-refractivity contribution in [2.75, 3.05) is 0 Å². The van der Waals surface area contributed by atoms with Crippen LogP contribution in [0.25, 0.3) is 21.5 Å². The standard InChI is InChI=1S/C15H10O3/c16-14-8-10(15(17)18)7-13-11-4-2-1-3-9(11)5-6-12(13)14/h1-8,16H,(H,17,18). The molecule has 0 saturated heterocycles. The summed E-state index contributed by atoms with van der Waals surface area (Å²) in [6.45, 7) is 0. The molecule has 0 aliphatic carbocycles. The summed E-state index contributed by atoms with van der Waals surface area (Å²) in [6.07, 6.45) is 0. The zero-order chi connectivity index (χ0) is 12.7. The minimum absolute atomic E-state index is 0.00402. The van der Waals surface area contributed by atoms with Gasteiger partial charge >= 0.3 is 5.97 Å². The van der Waals surface area contributed by atoms with Crippen LogP contribution in [0.3, 0.4) is 0 Å². The highest BCUT2D eigenvalue weighted by molar-refractivity contribution is 6.11. The van der Waals surface area contributed by atoms with Gasteiger partial charge in [0.05, 0.1) is 5.56 Å². The van der Waals surface area contributed by atoms with Crippen LogP contribution in [0.1, 0.15) is 10.4 Å². The van der Waals surface area contributed by atoms with E-state index >= 15 is 0 Å². The number of carbonyl (C=O) groups is 1. The number of phenolic OH excluding ortho intramolecular Hbond substituents is 1. The molecule has 88 valence electrons. The second kappa shape index (κ2) is 3.74. The van der Waals surface area contributed by atoms with Crippen molar-refractivity contribution in [3.63, 3.8) is 0 Å². The van der Waals surface area contributed by atoms with Crippen LogP contribution in [0.2, 0.25) is 0 Å². The first-order valence-corrected chi connectivity index (χ1v) is 5.54. The van der Waals surface area contributed by atoms with Gasteiger partial charge in [0.25, 0.3) is 0 Å². The number of phenols is 1. The molecule has 18 heavy (non-hydrogen) atoms. The quantitative estimate of drug-likeness (QED) is 0.639. The van der Waals surface area contributed by atoms with Crippen LogP contribution in [0.5, 0.6) is 5.75 Å². The Kier molecular flexibility index (Phi) is 2.20. The Bertz CT molecular complexity index is 775. The smallest absolute Gasteiger partial charge is 0.335 e. The fraction of sp³-hybridized carbons (Fsp3) is 0. The highest BCUT2D eigenvalue weighted by Crippen LogP contribution is 2.32. The number of carboxylic acids is 1. The highest BCUT2D eigenvalue weighted by atomic mass is 16.4. The molecule has 0 radical (unpaired) electrons. The number of hydrogen-bond donors (Lipinski definition) is 2. The van der Waals surface area contributed by atoms with Crippen LogP contribution in [-0.2, 0) is 0 Å². The van der Waals surface area contributed by atoms with Gasteiger partial charge in [0.15, 0.2) is 0 Å². The molecular weight excluding hydrogens is 228 g/mol. The van der Waals surface area contributed by atoms with E-state index in [1.807, 2.05) is 30.3 Å². The van der Waals surface area contributed by atoms with Gasteiger partial charge in [-0.15, -0.1) is 0 Å². The summed E-state index contributed by atoms with van der Waals surface area (Å²) in [5.74, 6) is -1.05. The molecule has 0 aliphatic heterocycles. The third-order valence-electron chi connectivity index (χ3n) is 3.09. The molecule has 3 aromatic rings. The lowest BCUT2D eigenvalue weighted by molar-refractivity contribution is 0.0696. The number of aromatic carboxylic acids is 1. The SMILES string of the molecule is O=C(O)c1cc(O)c2ccc3ccccc3c2c1. The number of rotatable bonds is 1. The predicted molar refractivity (Wildman–Crippen MR) is 70.1 cm³/mol. The zero-order valence-electron chi connectivity index (χ0n) is 9.42. The average molecular weight is 238 g/mol. The topological polar surface area (TPSA) is 57.5 Å². The first-order chi connectivity index (χ1) is 8.66. The second-order valence-electron chi connectivity index (χ2n) is 4.18. The number of benzene rings is 3. The molecule has 3 nitrogen and oxygen atoms in total. The van der Waals surface area contributed by atoms with Crippen molar-refractivity contribution < 1.29 is 15.0 Å². The van der Waals surface area contributed by atoms with Gasteiger partial charge in [-0.05, 0) is 28.3 Å². The van der Waals surface area contributed by atoms with Crippen molar-refractivity contribution in [2.45, 2.75) is 0 Å². The maximum Gasteiger partial charge on any atom is 0.335 e. The minimum atomic E-state index is -1.04. The van der Waals surface area contributed by atoms with E-state index in [-0.39, 0.29) is 11.3 Å². The maximum atomic E-state index is 11.0. The van der Waals surface area contributed by atoms with E-state index in [9.17, 15) is 9.90 Å². The van der Waals surface area contributed by atoms with Crippen LogP contribution in [-0.4, -0.2) is 16.2 Å². The van der Waals surface area contributed by atoms with E-state index in [4.69, 9.17) is 5.11 Å². The van der Waals surface area contributed by atoms with E-state index in [2.05, 4.69) is 0 Å². The molecule has 0 spiro atoms. The first-order valence-electron chi connectivity index (χ1n) is 5.54. The summed E-state index contributed by atoms with van der Waals surface area (Å²) in [5, 5.41) is 22.3. The van der Waals surface area contributed by atoms with Gasteiger partial charge in [-0.1, -0.05) is 36.4 Å². The number of hydrogen-bond acceptors (Lipinski definition) is 2. The lowest BCUT2D eigenvalue weighted by atomic mass is 9.99. The predicted octanol–water partition coefficient (Wildman–Crippen LogP) is 3.40. The van der Waals surface area contributed by atoms with Gasteiger partial charge in [0.1, 0.15) is 5.75 Å². The van der Waals surface area contributed by atoms with Crippen molar-refractivity contribution in [3.8, 4) is 5.75 Å². The minimum Gasteiger partial charge on any atom is -0.507 e. The van der Waals surface area contributed by atoms with Gasteiger partial charge in [-0.2, -0.15) is 0 Å². The molecule has 0 unspecified atom stereocenters. The summed E-state index contributed by atoms with van der Waals surface area (Å²) >= 11 is 0. The molecule has 0 bridgehead atoms. The second-order valence-corrected chi connectivity index (χ2v) is 4.18. The Morgan fingerprint density at radius 2 is 1.67 bits per heavy atom. The highest BCUT2D eigenvalue weighted by Gasteiger charge is 2.10. The fourth-order valence-corrected chi connectivity index (χ4v) is 2.22. The molecule has 0 aromatic heterocycles. The van der Waals surface area contributed by atoms with Gasteiger partial charge in [-0.3, -0.25) is 0 Å². The largest absolute Gasteiger partial charge is 0.507 e. The number of carboxylic acid groups (broad SMARTS) is 1. The lowest BCUT2D eigenvalue weighted by Gasteiger charge is -2.07. The van der Waals surface area contributed by atoms with E-state index < -0.39 is 5.97 Å². The van der Waals surface area contributed by atoms with Crippen molar-refractivity contribution >= 4 is 27.5 Å². The Balaban J connectivity index is 2.51. The summed E-state index contributed by atoms with van der Waals surface area (Å²) in [5.41, 5.74) is 0.0938. The molecule has 0 amide bonds. The van der Waals surface area contributed by atoms with Crippen LogP contribution < -0.4 is 0 Å². The molecule has 0 aliphatic rings. The van der Waals surface area contributed by atoms with Gasteiger partial charge in [0, 0.05) is 5.39 Å². The normalized spacial score (nSPS) is 10.9. The summed E-state index contributed by atoms with van der Waals surface area (Å²) in [6, 6.07) is 14.3. The summed E-state index contributed by atoms with van der Waals surface area (Å²) in [4.78, 5) is 11.0. The van der Waals surface area contributed by atoms with Crippen LogP contribution in [0, 0.1) is 0 Å². The monoisotopic (exact) mass is 238 g/mol. The zero-order valence-corrected chi connectivity index (χ0v) is 9.42.